The second-order valence-electron chi connectivity index (χ2n) is 7.23. The summed E-state index contributed by atoms with van der Waals surface area (Å²) in [5, 5.41) is 0. The molecule has 0 spiro atoms. The Morgan fingerprint density at radius 3 is 2.43 bits per heavy atom. The molecule has 0 aliphatic carbocycles. The zero-order valence-electron chi connectivity index (χ0n) is 14.7. The number of benzene rings is 1. The lowest BCUT2D eigenvalue weighted by Gasteiger charge is -2.40. The molecular weight excluding hydrogens is 260 g/mol. The normalized spacial score (nSPS) is 21.6. The van der Waals surface area contributed by atoms with E-state index in [1.807, 2.05) is 0 Å². The molecule has 1 aliphatic heterocycles. The Morgan fingerprint density at radius 2 is 1.81 bits per heavy atom. The summed E-state index contributed by atoms with van der Waals surface area (Å²) in [6, 6.07) is 2.25. The molecule has 0 fully saturated rings. The molecule has 2 rings (SSSR count). The molecule has 1 heterocycles. The first-order valence-corrected chi connectivity index (χ1v) is 7.84. The fraction of sp³-hybridized carbons (Fsp3) is 0.667. The van der Waals surface area contributed by atoms with Gasteiger partial charge in [-0.05, 0) is 83.9 Å². The van der Waals surface area contributed by atoms with Crippen LogP contribution in [0.5, 0.6) is 5.75 Å². The third kappa shape index (κ3) is 3.58. The molecule has 0 saturated carbocycles. The van der Waals surface area contributed by atoms with Crippen molar-refractivity contribution in [3.8, 4) is 5.75 Å². The summed E-state index contributed by atoms with van der Waals surface area (Å²) >= 11 is 0. The Labute approximate surface area is 129 Å². The third-order valence-corrected chi connectivity index (χ3v) is 4.49. The second kappa shape index (κ2) is 5.98. The van der Waals surface area contributed by atoms with E-state index in [0.717, 1.165) is 31.8 Å². The van der Waals surface area contributed by atoms with Crippen LogP contribution in [0.3, 0.4) is 0 Å². The minimum Gasteiger partial charge on any atom is -0.486 e. The van der Waals surface area contributed by atoms with Crippen LogP contribution < -0.4 is 4.74 Å². The molecule has 118 valence electrons. The molecule has 0 radical (unpaired) electrons. The molecule has 1 unspecified atom stereocenters. The molecule has 1 aliphatic rings. The van der Waals surface area contributed by atoms with Crippen LogP contribution in [0, 0.1) is 20.8 Å². The van der Waals surface area contributed by atoms with Crippen molar-refractivity contribution in [3.05, 3.63) is 28.3 Å². The van der Waals surface area contributed by atoms with E-state index in [-0.39, 0.29) is 5.60 Å². The molecule has 21 heavy (non-hydrogen) atoms. The highest BCUT2D eigenvalue weighted by molar-refractivity contribution is 5.50. The summed E-state index contributed by atoms with van der Waals surface area (Å²) in [4.78, 5) is 4.53. The lowest BCUT2D eigenvalue weighted by atomic mass is 9.87. The van der Waals surface area contributed by atoms with Crippen LogP contribution in [0.25, 0.3) is 0 Å². The smallest absolute Gasteiger partial charge is 0.126 e. The topological polar surface area (TPSA) is 15.7 Å². The minimum atomic E-state index is -0.0930. The third-order valence-electron chi connectivity index (χ3n) is 4.49. The molecule has 0 amide bonds. The number of likely N-dealkylation sites (N-methyl/N-ethyl adjacent to an activating group) is 1. The molecular formula is C18H30N2O. The fourth-order valence-electron chi connectivity index (χ4n) is 3.49. The molecule has 3 heteroatoms. The van der Waals surface area contributed by atoms with Crippen LogP contribution in [0.15, 0.2) is 6.07 Å². The molecule has 1 aromatic rings. The largest absolute Gasteiger partial charge is 0.486 e. The maximum atomic E-state index is 6.48. The van der Waals surface area contributed by atoms with E-state index in [0.29, 0.717) is 0 Å². The van der Waals surface area contributed by atoms with Crippen molar-refractivity contribution < 1.29 is 4.74 Å². The lowest BCUT2D eigenvalue weighted by molar-refractivity contribution is 0.0212. The number of aryl methyl sites for hydroxylation is 2. The highest BCUT2D eigenvalue weighted by Crippen LogP contribution is 2.39. The first-order valence-electron chi connectivity index (χ1n) is 7.84. The number of fused-ring (bicyclic) bond motifs is 1. The van der Waals surface area contributed by atoms with Crippen LogP contribution in [0.4, 0.5) is 0 Å². The van der Waals surface area contributed by atoms with E-state index in [1.165, 1.54) is 22.3 Å². The van der Waals surface area contributed by atoms with E-state index in [4.69, 9.17) is 4.74 Å². The fourth-order valence-corrected chi connectivity index (χ4v) is 3.49. The van der Waals surface area contributed by atoms with Gasteiger partial charge in [-0.15, -0.1) is 0 Å². The second-order valence-corrected chi connectivity index (χ2v) is 7.23. The van der Waals surface area contributed by atoms with Gasteiger partial charge in [-0.2, -0.15) is 0 Å². The summed E-state index contributed by atoms with van der Waals surface area (Å²) in [6.07, 6.45) is 2.21. The number of rotatable bonds is 4. The molecule has 1 atom stereocenters. The highest BCUT2D eigenvalue weighted by atomic mass is 16.5. The van der Waals surface area contributed by atoms with E-state index in [1.54, 1.807) is 0 Å². The summed E-state index contributed by atoms with van der Waals surface area (Å²) in [7, 11) is 6.37. The van der Waals surface area contributed by atoms with E-state index in [9.17, 15) is 0 Å². The van der Waals surface area contributed by atoms with Gasteiger partial charge in [0.15, 0.2) is 0 Å². The highest BCUT2D eigenvalue weighted by Gasteiger charge is 2.34. The van der Waals surface area contributed by atoms with Crippen molar-refractivity contribution in [1.82, 2.24) is 9.80 Å². The molecule has 0 saturated heterocycles. The predicted octanol–water partition coefficient (Wildman–Crippen LogP) is 3.15. The lowest BCUT2D eigenvalue weighted by Crippen LogP contribution is -2.48. The number of nitrogens with zero attached hydrogens (tertiary/aromatic N) is 2. The van der Waals surface area contributed by atoms with Gasteiger partial charge in [-0.3, -0.25) is 9.80 Å². The van der Waals surface area contributed by atoms with Gasteiger partial charge in [0.1, 0.15) is 11.4 Å². The quantitative estimate of drug-likeness (QED) is 0.792. The number of hydrogen-bond donors (Lipinski definition) is 0. The zero-order chi connectivity index (χ0) is 15.8. The predicted molar refractivity (Wildman–Crippen MR) is 89.2 cm³/mol. The van der Waals surface area contributed by atoms with Gasteiger partial charge in [-0.1, -0.05) is 6.07 Å². The zero-order valence-corrected chi connectivity index (χ0v) is 14.7. The van der Waals surface area contributed by atoms with Gasteiger partial charge in [0.05, 0.1) is 0 Å². The van der Waals surface area contributed by atoms with Gasteiger partial charge in [0, 0.05) is 13.2 Å². The van der Waals surface area contributed by atoms with E-state index >= 15 is 0 Å². The molecule has 0 aromatic heterocycles. The Kier molecular flexibility index (Phi) is 4.64. The van der Waals surface area contributed by atoms with E-state index < -0.39 is 0 Å². The SMILES string of the molecule is Cc1cc(C)c2c(c1C)CCC(C)(CN(C)CN(C)C)O2. The Balaban J connectivity index is 2.20. The van der Waals surface area contributed by atoms with Crippen LogP contribution in [-0.2, 0) is 6.42 Å². The van der Waals surface area contributed by atoms with Crippen LogP contribution in [0.1, 0.15) is 35.6 Å². The van der Waals surface area contributed by atoms with Crippen molar-refractivity contribution in [2.24, 2.45) is 0 Å². The van der Waals surface area contributed by atoms with Gasteiger partial charge >= 0.3 is 0 Å². The van der Waals surface area contributed by atoms with Gasteiger partial charge in [-0.25, -0.2) is 0 Å². The van der Waals surface area contributed by atoms with Gasteiger partial charge in [0.25, 0.3) is 0 Å². The van der Waals surface area contributed by atoms with Gasteiger partial charge in [0.2, 0.25) is 0 Å². The van der Waals surface area contributed by atoms with Crippen molar-refractivity contribution in [2.45, 2.75) is 46.1 Å². The Bertz CT molecular complexity index is 524. The maximum Gasteiger partial charge on any atom is 0.126 e. The van der Waals surface area contributed by atoms with Crippen molar-refractivity contribution in [1.29, 1.82) is 0 Å². The summed E-state index contributed by atoms with van der Waals surface area (Å²) in [5.74, 6) is 1.13. The summed E-state index contributed by atoms with van der Waals surface area (Å²) in [5.41, 5.74) is 5.38. The first-order chi connectivity index (χ1) is 9.72. The average molecular weight is 290 g/mol. The molecule has 0 N–H and O–H groups in total. The standard InChI is InChI=1S/C18H30N2O/c1-13-10-14(2)17-16(15(13)3)8-9-18(4,21-17)11-20(7)12-19(5)6/h10H,8-9,11-12H2,1-7H3. The average Bonchev–Trinajstić information content (AvgIpc) is 2.34. The summed E-state index contributed by atoms with van der Waals surface area (Å²) < 4.78 is 6.48. The summed E-state index contributed by atoms with van der Waals surface area (Å²) in [6.45, 7) is 10.7. The molecule has 3 nitrogen and oxygen atoms in total. The van der Waals surface area contributed by atoms with Crippen LogP contribution in [-0.4, -0.2) is 49.8 Å². The van der Waals surface area contributed by atoms with E-state index in [2.05, 4.69) is 64.7 Å². The molecule has 0 bridgehead atoms. The van der Waals surface area contributed by atoms with Crippen molar-refractivity contribution in [3.63, 3.8) is 0 Å². The van der Waals surface area contributed by atoms with Crippen molar-refractivity contribution in [2.75, 3.05) is 34.4 Å². The minimum absolute atomic E-state index is 0.0930. The van der Waals surface area contributed by atoms with Crippen molar-refractivity contribution >= 4 is 0 Å². The Morgan fingerprint density at radius 1 is 1.14 bits per heavy atom. The monoisotopic (exact) mass is 290 g/mol. The van der Waals surface area contributed by atoms with Crippen LogP contribution >= 0.6 is 0 Å². The van der Waals surface area contributed by atoms with Gasteiger partial charge < -0.3 is 4.74 Å². The number of hydrogen-bond acceptors (Lipinski definition) is 3. The molecule has 1 aromatic carbocycles. The van der Waals surface area contributed by atoms with Crippen LogP contribution in [0.2, 0.25) is 0 Å². The Hall–Kier alpha value is -1.06. The first kappa shape index (κ1) is 16.3. The number of ether oxygens (including phenoxy) is 1. The maximum absolute atomic E-state index is 6.48.